The molecule has 8 aliphatic carbocycles. The minimum absolute atomic E-state index is 0.0137. The van der Waals surface area contributed by atoms with Crippen molar-refractivity contribution in [1.82, 2.24) is 20.9 Å². The summed E-state index contributed by atoms with van der Waals surface area (Å²) in [7, 11) is 0. The Hall–Kier alpha value is -2.92. The number of nitrogens with zero attached hydrogens (tertiary/aromatic N) is 2. The summed E-state index contributed by atoms with van der Waals surface area (Å²) < 4.78 is 0. The standard InChI is InChI=1S/C19H36N6.C13H24N6/c1-3-4-5-6-7-15-13-8-18(2)9-14(15)11-19(10-13,12-18)25(17(22)23)24-16(20)21;1-12-3-8-2-9(4-12)6-13(5-8,7-12)19(11(16)17)18-10(14)15/h13-15H,3-12H2,1-2H3,(H3,22,23)(H4,20,21,24);8-9H,2-7H2,1H3,(H3,16,17)(H4,14,15,18). The molecule has 8 bridgehead atoms. The number of hydrazine groups is 2. The maximum Gasteiger partial charge on any atom is 0.208 e. The van der Waals surface area contributed by atoms with Crippen molar-refractivity contribution in [2.24, 2.45) is 63.4 Å². The molecule has 0 aromatic carbocycles. The molecule has 8 aliphatic rings. The molecule has 12 nitrogen and oxygen atoms in total. The molecular weight excluding hydrogens is 552 g/mol. The topological polar surface area (TPSA) is 230 Å². The highest BCUT2D eigenvalue weighted by Crippen LogP contribution is 2.66. The molecule has 8 rings (SSSR count). The lowest BCUT2D eigenvalue weighted by Crippen LogP contribution is -2.71. The van der Waals surface area contributed by atoms with E-state index < -0.39 is 0 Å². The fraction of sp³-hybridized carbons (Fsp3) is 0.875. The number of rotatable bonds is 7. The van der Waals surface area contributed by atoms with E-state index in [0.29, 0.717) is 10.8 Å². The summed E-state index contributed by atoms with van der Waals surface area (Å²) in [4.78, 5) is 0. The molecule has 14 N–H and O–H groups in total. The van der Waals surface area contributed by atoms with Crippen LogP contribution in [0.2, 0.25) is 0 Å². The maximum atomic E-state index is 8.04. The first kappa shape index (κ1) is 32.5. The van der Waals surface area contributed by atoms with Crippen molar-refractivity contribution in [2.45, 2.75) is 135 Å². The van der Waals surface area contributed by atoms with E-state index in [9.17, 15) is 0 Å². The third-order valence-electron chi connectivity index (χ3n) is 12.4. The lowest BCUT2D eigenvalue weighted by atomic mass is 9.43. The molecule has 248 valence electrons. The van der Waals surface area contributed by atoms with E-state index in [1.807, 2.05) is 0 Å². The molecule has 0 aromatic heterocycles. The lowest BCUT2D eigenvalue weighted by molar-refractivity contribution is -0.146. The van der Waals surface area contributed by atoms with Gasteiger partial charge < -0.3 is 22.9 Å². The third kappa shape index (κ3) is 6.27. The number of nitrogens with one attached hydrogen (secondary N) is 6. The zero-order chi connectivity index (χ0) is 32.1. The molecule has 8 fully saturated rings. The monoisotopic (exact) mass is 613 g/mol. The van der Waals surface area contributed by atoms with Gasteiger partial charge in [0.05, 0.1) is 11.1 Å². The fourth-order valence-electron chi connectivity index (χ4n) is 12.2. The molecule has 0 aromatic rings. The Morgan fingerprint density at radius 2 is 1.11 bits per heavy atom. The van der Waals surface area contributed by atoms with Gasteiger partial charge in [-0.15, -0.1) is 0 Å². The van der Waals surface area contributed by atoms with Gasteiger partial charge in [-0.1, -0.05) is 46.5 Å². The van der Waals surface area contributed by atoms with Gasteiger partial charge in [-0.05, 0) is 117 Å². The van der Waals surface area contributed by atoms with Crippen LogP contribution in [-0.4, -0.2) is 44.9 Å². The SMILES string of the molecule is CC12CC3CC(C1)CC(N(NC(=N)N)C(=N)N)(C3)C2.CCCCCCC1C2CC3(C)CC1CC(N(NC(=N)N)C(=N)N)(C2)C3. The minimum Gasteiger partial charge on any atom is -0.369 e. The molecule has 0 radical (unpaired) electrons. The zero-order valence-corrected chi connectivity index (χ0v) is 27.4. The van der Waals surface area contributed by atoms with Crippen LogP contribution in [0.4, 0.5) is 0 Å². The highest BCUT2D eigenvalue weighted by molar-refractivity contribution is 5.82. The molecule has 0 saturated heterocycles. The third-order valence-corrected chi connectivity index (χ3v) is 12.4. The van der Waals surface area contributed by atoms with E-state index in [-0.39, 0.29) is 34.9 Å². The van der Waals surface area contributed by atoms with Crippen LogP contribution in [0.3, 0.4) is 0 Å². The van der Waals surface area contributed by atoms with Gasteiger partial charge in [0.15, 0.2) is 0 Å². The Labute approximate surface area is 264 Å². The summed E-state index contributed by atoms with van der Waals surface area (Å²) in [5, 5.41) is 34.3. The minimum atomic E-state index is -0.143. The summed E-state index contributed by atoms with van der Waals surface area (Å²) in [5.41, 5.74) is 28.8. The van der Waals surface area contributed by atoms with Crippen LogP contribution in [0, 0.1) is 62.1 Å². The number of hydrogen-bond acceptors (Lipinski definition) is 4. The van der Waals surface area contributed by atoms with Crippen molar-refractivity contribution in [3.8, 4) is 0 Å². The van der Waals surface area contributed by atoms with Crippen LogP contribution in [0.5, 0.6) is 0 Å². The molecular formula is C32H60N12. The fourth-order valence-corrected chi connectivity index (χ4v) is 12.2. The Kier molecular flexibility index (Phi) is 8.70. The Morgan fingerprint density at radius 1 is 0.659 bits per heavy atom. The van der Waals surface area contributed by atoms with Crippen molar-refractivity contribution >= 4 is 23.8 Å². The van der Waals surface area contributed by atoms with Gasteiger partial charge in [-0.3, -0.25) is 32.5 Å². The normalized spacial score (nSPS) is 40.5. The second-order valence-electron chi connectivity index (χ2n) is 16.5. The van der Waals surface area contributed by atoms with Crippen LogP contribution < -0.4 is 33.8 Å². The second kappa shape index (κ2) is 11.8. The molecule has 4 unspecified atom stereocenters. The number of nitrogens with two attached hydrogens (primary N) is 4. The van der Waals surface area contributed by atoms with Crippen molar-refractivity contribution in [1.29, 1.82) is 21.6 Å². The van der Waals surface area contributed by atoms with Gasteiger partial charge in [0.1, 0.15) is 0 Å². The highest BCUT2D eigenvalue weighted by atomic mass is 15.6. The van der Waals surface area contributed by atoms with Gasteiger partial charge >= 0.3 is 0 Å². The Morgan fingerprint density at radius 3 is 1.52 bits per heavy atom. The summed E-state index contributed by atoms with van der Waals surface area (Å²) in [5.74, 6) is 3.45. The Balaban J connectivity index is 0.000000181. The van der Waals surface area contributed by atoms with E-state index in [4.69, 9.17) is 44.6 Å². The summed E-state index contributed by atoms with van der Waals surface area (Å²) >= 11 is 0. The van der Waals surface area contributed by atoms with E-state index in [0.717, 1.165) is 68.1 Å². The van der Waals surface area contributed by atoms with E-state index in [1.165, 1.54) is 64.2 Å². The highest BCUT2D eigenvalue weighted by Gasteiger charge is 2.62. The molecule has 12 heteroatoms. The van der Waals surface area contributed by atoms with Gasteiger partial charge in [-0.2, -0.15) is 0 Å². The van der Waals surface area contributed by atoms with Gasteiger partial charge in [0.25, 0.3) is 0 Å². The van der Waals surface area contributed by atoms with E-state index in [2.05, 4.69) is 31.6 Å². The number of hydrogen-bond donors (Lipinski definition) is 10. The first-order valence-electron chi connectivity index (χ1n) is 17.1. The molecule has 8 saturated carbocycles. The summed E-state index contributed by atoms with van der Waals surface area (Å²) in [6, 6.07) is 0. The van der Waals surface area contributed by atoms with Crippen LogP contribution in [0.1, 0.15) is 124 Å². The van der Waals surface area contributed by atoms with Crippen molar-refractivity contribution in [3.05, 3.63) is 0 Å². The summed E-state index contributed by atoms with van der Waals surface area (Å²) in [6.07, 6.45) is 19.7. The van der Waals surface area contributed by atoms with Crippen LogP contribution in [-0.2, 0) is 0 Å². The second-order valence-corrected chi connectivity index (χ2v) is 16.5. The van der Waals surface area contributed by atoms with Crippen molar-refractivity contribution in [2.75, 3.05) is 0 Å². The van der Waals surface area contributed by atoms with Gasteiger partial charge in [0.2, 0.25) is 23.8 Å². The average molecular weight is 613 g/mol. The van der Waals surface area contributed by atoms with Crippen LogP contribution in [0.15, 0.2) is 0 Å². The zero-order valence-electron chi connectivity index (χ0n) is 27.4. The van der Waals surface area contributed by atoms with E-state index >= 15 is 0 Å². The number of guanidine groups is 4. The largest absolute Gasteiger partial charge is 0.369 e. The smallest absolute Gasteiger partial charge is 0.208 e. The molecule has 0 amide bonds. The molecule has 0 spiro atoms. The van der Waals surface area contributed by atoms with Gasteiger partial charge in [0, 0.05) is 0 Å². The predicted octanol–water partition coefficient (Wildman–Crippen LogP) is 4.07. The van der Waals surface area contributed by atoms with Crippen LogP contribution >= 0.6 is 0 Å². The lowest BCUT2D eigenvalue weighted by Gasteiger charge is -2.66. The Bertz CT molecular complexity index is 1100. The molecule has 4 atom stereocenters. The van der Waals surface area contributed by atoms with E-state index in [1.54, 1.807) is 10.0 Å². The quantitative estimate of drug-likeness (QED) is 0.0869. The number of unbranched alkanes of at least 4 members (excludes halogenated alkanes) is 3. The molecule has 0 aliphatic heterocycles. The predicted molar refractivity (Wildman–Crippen MR) is 176 cm³/mol. The maximum absolute atomic E-state index is 8.04. The van der Waals surface area contributed by atoms with Crippen LogP contribution in [0.25, 0.3) is 0 Å². The van der Waals surface area contributed by atoms with Gasteiger partial charge in [-0.25, -0.2) is 10.0 Å². The first-order chi connectivity index (χ1) is 20.6. The summed E-state index contributed by atoms with van der Waals surface area (Å²) in [6.45, 7) is 7.05. The first-order valence-corrected chi connectivity index (χ1v) is 17.1. The average Bonchev–Trinajstić information content (AvgIpc) is 2.87. The molecule has 44 heavy (non-hydrogen) atoms. The van der Waals surface area contributed by atoms with Crippen molar-refractivity contribution < 1.29 is 0 Å². The van der Waals surface area contributed by atoms with Crippen molar-refractivity contribution in [3.63, 3.8) is 0 Å². The molecule has 0 heterocycles.